The van der Waals surface area contributed by atoms with Crippen LogP contribution in [0.3, 0.4) is 0 Å². The lowest BCUT2D eigenvalue weighted by atomic mass is 10.4. The molecule has 0 aliphatic heterocycles. The van der Waals surface area contributed by atoms with Crippen LogP contribution in [0.25, 0.3) is 0 Å². The fourth-order valence-electron chi connectivity index (χ4n) is 1.79. The first-order valence-corrected chi connectivity index (χ1v) is 7.34. The van der Waals surface area contributed by atoms with Crippen LogP contribution in [0.5, 0.6) is 0 Å². The molecule has 0 bridgehead atoms. The monoisotopic (exact) mass is 295 g/mol. The molecule has 0 atom stereocenters. The smallest absolute Gasteiger partial charge is 0.331 e. The Balaban J connectivity index is 2.30. The molecule has 2 heterocycles. The molecule has 0 unspecified atom stereocenters. The van der Waals surface area contributed by atoms with E-state index in [9.17, 15) is 9.59 Å². The quantitative estimate of drug-likeness (QED) is 0.850. The van der Waals surface area contributed by atoms with E-state index < -0.39 is 0 Å². The maximum atomic E-state index is 12.2. The van der Waals surface area contributed by atoms with Crippen molar-refractivity contribution in [2.75, 3.05) is 11.9 Å². The first-order chi connectivity index (χ1) is 9.65. The predicted molar refractivity (Wildman–Crippen MR) is 78.4 cm³/mol. The van der Waals surface area contributed by atoms with Crippen molar-refractivity contribution in [2.24, 2.45) is 0 Å². The van der Waals surface area contributed by atoms with Gasteiger partial charge in [-0.1, -0.05) is 18.3 Å². The molecule has 2 aromatic heterocycles. The van der Waals surface area contributed by atoms with Gasteiger partial charge in [0.25, 0.3) is 5.56 Å². The van der Waals surface area contributed by atoms with Gasteiger partial charge in [-0.15, -0.1) is 10.2 Å². The van der Waals surface area contributed by atoms with Gasteiger partial charge in [0.15, 0.2) is 0 Å². The van der Waals surface area contributed by atoms with Gasteiger partial charge in [-0.3, -0.25) is 9.36 Å². The zero-order valence-electron chi connectivity index (χ0n) is 11.5. The highest BCUT2D eigenvalue weighted by molar-refractivity contribution is 7.15. The van der Waals surface area contributed by atoms with Gasteiger partial charge in [-0.05, 0) is 13.3 Å². The lowest BCUT2D eigenvalue weighted by Crippen LogP contribution is -2.39. The van der Waals surface area contributed by atoms with Crippen LogP contribution in [0.1, 0.15) is 25.3 Å². The van der Waals surface area contributed by atoms with Gasteiger partial charge in [-0.2, -0.15) is 0 Å². The van der Waals surface area contributed by atoms with Crippen molar-refractivity contribution in [3.8, 4) is 0 Å². The zero-order chi connectivity index (χ0) is 14.5. The van der Waals surface area contributed by atoms with Gasteiger partial charge in [0, 0.05) is 25.4 Å². The topological polar surface area (TPSA) is 81.8 Å². The molecule has 108 valence electrons. The second-order valence-corrected chi connectivity index (χ2v) is 5.31. The normalized spacial score (nSPS) is 10.7. The third-order valence-electron chi connectivity index (χ3n) is 2.69. The van der Waals surface area contributed by atoms with Crippen LogP contribution >= 0.6 is 11.3 Å². The summed E-state index contributed by atoms with van der Waals surface area (Å²) in [5.41, 5.74) is -0.623. The minimum Gasteiger partial charge on any atom is -0.360 e. The van der Waals surface area contributed by atoms with Crippen LogP contribution in [-0.2, 0) is 13.1 Å². The summed E-state index contributed by atoms with van der Waals surface area (Å²) in [6.07, 6.45) is 2.37. The van der Waals surface area contributed by atoms with Crippen LogP contribution in [0.15, 0.2) is 21.9 Å². The number of hydrogen-bond acceptors (Lipinski definition) is 6. The molecule has 0 radical (unpaired) electrons. The van der Waals surface area contributed by atoms with Crippen molar-refractivity contribution in [2.45, 2.75) is 33.4 Å². The number of nitrogens with one attached hydrogen (secondary N) is 1. The zero-order valence-corrected chi connectivity index (χ0v) is 12.3. The van der Waals surface area contributed by atoms with Gasteiger partial charge in [0.2, 0.25) is 5.13 Å². The van der Waals surface area contributed by atoms with Crippen LogP contribution in [0.4, 0.5) is 5.13 Å². The van der Waals surface area contributed by atoms with Crippen LogP contribution < -0.4 is 16.6 Å². The number of hydrogen-bond donors (Lipinski definition) is 1. The maximum absolute atomic E-state index is 12.2. The average Bonchev–Trinajstić information content (AvgIpc) is 2.86. The molecule has 2 rings (SSSR count). The Bertz CT molecular complexity index is 688. The van der Waals surface area contributed by atoms with Crippen LogP contribution in [0.2, 0.25) is 0 Å². The van der Waals surface area contributed by atoms with Crippen molar-refractivity contribution in [3.05, 3.63) is 38.1 Å². The fraction of sp³-hybridized carbons (Fsp3) is 0.500. The third-order valence-corrected chi connectivity index (χ3v) is 3.56. The molecule has 1 N–H and O–H groups in total. The summed E-state index contributed by atoms with van der Waals surface area (Å²) in [6.45, 7) is 5.45. The molecule has 20 heavy (non-hydrogen) atoms. The first-order valence-electron chi connectivity index (χ1n) is 6.52. The number of aromatic nitrogens is 4. The maximum Gasteiger partial charge on any atom is 0.331 e. The van der Waals surface area contributed by atoms with Gasteiger partial charge in [-0.25, -0.2) is 4.79 Å². The molecule has 0 saturated carbocycles. The summed E-state index contributed by atoms with van der Waals surface area (Å²) in [4.78, 5) is 24.0. The molecule has 0 amide bonds. The second kappa shape index (κ2) is 6.47. The van der Waals surface area contributed by atoms with Crippen molar-refractivity contribution in [1.29, 1.82) is 0 Å². The Morgan fingerprint density at radius 2 is 2.10 bits per heavy atom. The Kier molecular flexibility index (Phi) is 4.67. The van der Waals surface area contributed by atoms with E-state index in [1.54, 1.807) is 0 Å². The van der Waals surface area contributed by atoms with Crippen LogP contribution in [0, 0.1) is 0 Å². The van der Waals surface area contributed by atoms with E-state index in [0.29, 0.717) is 16.7 Å². The van der Waals surface area contributed by atoms with Gasteiger partial charge >= 0.3 is 5.69 Å². The highest BCUT2D eigenvalue weighted by atomic mass is 32.1. The van der Waals surface area contributed by atoms with Crippen molar-refractivity contribution in [3.63, 3.8) is 0 Å². The SMILES string of the molecule is CCCn1ccc(=O)n(Cc2nnc(NCC)s2)c1=O. The van der Waals surface area contributed by atoms with Gasteiger partial charge in [0.05, 0.1) is 6.54 Å². The average molecular weight is 295 g/mol. The number of rotatable bonds is 6. The first kappa shape index (κ1) is 14.4. The van der Waals surface area contributed by atoms with Gasteiger partial charge in [0.1, 0.15) is 5.01 Å². The molecule has 0 aromatic carbocycles. The van der Waals surface area contributed by atoms with Crippen molar-refractivity contribution < 1.29 is 0 Å². The molecule has 0 aliphatic carbocycles. The summed E-state index contributed by atoms with van der Waals surface area (Å²) >= 11 is 1.35. The van der Waals surface area contributed by atoms with E-state index in [1.807, 2.05) is 13.8 Å². The molecular weight excluding hydrogens is 278 g/mol. The minimum atomic E-state index is -0.317. The molecule has 2 aromatic rings. The Morgan fingerprint density at radius 1 is 1.30 bits per heavy atom. The Labute approximate surface area is 119 Å². The minimum absolute atomic E-state index is 0.158. The summed E-state index contributed by atoms with van der Waals surface area (Å²) in [7, 11) is 0. The molecule has 0 fully saturated rings. The Hall–Kier alpha value is -1.96. The van der Waals surface area contributed by atoms with E-state index >= 15 is 0 Å². The number of aryl methyl sites for hydroxylation is 1. The summed E-state index contributed by atoms with van der Waals surface area (Å²) in [5.74, 6) is 0. The lowest BCUT2D eigenvalue weighted by molar-refractivity contribution is 0.569. The summed E-state index contributed by atoms with van der Waals surface area (Å²) < 4.78 is 2.72. The largest absolute Gasteiger partial charge is 0.360 e. The van der Waals surface area contributed by atoms with Crippen LogP contribution in [-0.4, -0.2) is 25.9 Å². The Morgan fingerprint density at radius 3 is 2.80 bits per heavy atom. The van der Waals surface area contributed by atoms with Crippen molar-refractivity contribution >= 4 is 16.5 Å². The third kappa shape index (κ3) is 3.13. The number of nitrogens with zero attached hydrogens (tertiary/aromatic N) is 4. The van der Waals surface area contributed by atoms with Gasteiger partial charge < -0.3 is 9.88 Å². The highest BCUT2D eigenvalue weighted by Gasteiger charge is 2.09. The van der Waals surface area contributed by atoms with E-state index in [-0.39, 0.29) is 17.8 Å². The molecule has 7 nitrogen and oxygen atoms in total. The molecule has 0 saturated heterocycles. The fourth-order valence-corrected chi connectivity index (χ4v) is 2.59. The van der Waals surface area contributed by atoms with E-state index in [0.717, 1.165) is 13.0 Å². The standard InChI is InChI=1S/C12H17N5O2S/c1-3-6-16-7-5-10(18)17(12(16)19)8-9-14-15-11(20-9)13-4-2/h5,7H,3-4,6,8H2,1-2H3,(H,13,15). The van der Waals surface area contributed by atoms with E-state index in [1.165, 1.54) is 32.7 Å². The second-order valence-electron chi connectivity index (χ2n) is 4.25. The number of anilines is 1. The lowest BCUT2D eigenvalue weighted by Gasteiger charge is -2.07. The molecule has 0 aliphatic rings. The highest BCUT2D eigenvalue weighted by Crippen LogP contribution is 2.14. The molecular formula is C12H17N5O2S. The molecule has 0 spiro atoms. The predicted octanol–water partition coefficient (Wildman–Crippen LogP) is 0.752. The van der Waals surface area contributed by atoms with E-state index in [2.05, 4.69) is 15.5 Å². The molecule has 8 heteroatoms. The summed E-state index contributed by atoms with van der Waals surface area (Å²) in [6, 6.07) is 1.41. The summed E-state index contributed by atoms with van der Waals surface area (Å²) in [5, 5.41) is 12.3. The van der Waals surface area contributed by atoms with E-state index in [4.69, 9.17) is 0 Å². The van der Waals surface area contributed by atoms with Crippen molar-refractivity contribution in [1.82, 2.24) is 19.3 Å².